The largest absolute Gasteiger partial charge is 0.451 e. The highest BCUT2D eigenvalue weighted by Crippen LogP contribution is 2.27. The average molecular weight is 332 g/mol. The molecular weight excluding hydrogens is 312 g/mol. The third kappa shape index (κ3) is 2.84. The Balaban J connectivity index is 1.66. The highest BCUT2D eigenvalue weighted by Gasteiger charge is 2.21. The van der Waals surface area contributed by atoms with Crippen LogP contribution in [0.3, 0.4) is 0 Å². The second-order valence-corrected chi connectivity index (χ2v) is 6.57. The smallest absolute Gasteiger partial charge is 0.251 e. The molecule has 0 spiro atoms. The number of carbonyl (C=O) groups excluding carboxylic acids is 1. The van der Waals surface area contributed by atoms with E-state index < -0.39 is 0 Å². The first-order valence-corrected chi connectivity index (χ1v) is 8.51. The highest BCUT2D eigenvalue weighted by atomic mass is 16.3. The van der Waals surface area contributed by atoms with Crippen LogP contribution in [0.2, 0.25) is 0 Å². The number of aromatic nitrogens is 1. The van der Waals surface area contributed by atoms with E-state index in [1.807, 2.05) is 0 Å². The minimum absolute atomic E-state index is 0.0481. The number of benzene rings is 2. The summed E-state index contributed by atoms with van der Waals surface area (Å²) in [6, 6.07) is 10.4. The third-order valence-corrected chi connectivity index (χ3v) is 5.12. The minimum atomic E-state index is 0.0481. The van der Waals surface area contributed by atoms with Gasteiger partial charge in [0.25, 0.3) is 5.91 Å². The van der Waals surface area contributed by atoms with Crippen LogP contribution in [0, 0.1) is 13.8 Å². The van der Waals surface area contributed by atoms with Crippen molar-refractivity contribution in [2.45, 2.75) is 26.7 Å². The number of amides is 1. The Hall–Kier alpha value is -2.88. The fourth-order valence-electron chi connectivity index (χ4n) is 3.51. The maximum absolute atomic E-state index is 12.2. The van der Waals surface area contributed by atoms with Crippen LogP contribution in [-0.4, -0.2) is 17.4 Å². The van der Waals surface area contributed by atoms with Gasteiger partial charge >= 0.3 is 0 Å². The third-order valence-electron chi connectivity index (χ3n) is 5.12. The van der Waals surface area contributed by atoms with Gasteiger partial charge in [0, 0.05) is 17.7 Å². The maximum Gasteiger partial charge on any atom is 0.251 e. The molecule has 126 valence electrons. The molecule has 3 aromatic rings. The summed E-state index contributed by atoms with van der Waals surface area (Å²) in [6.07, 6.45) is 4.81. The first-order chi connectivity index (χ1) is 12.1. The molecule has 0 radical (unpaired) electrons. The molecule has 0 saturated carbocycles. The standard InChI is InChI=1S/C21H20N2O2/c1-13-14(2)18-7-8-22-21(24)19(18)10-17(13)9-15-3-5-16(6-4-15)20-11-25-12-23-20/h3-6,10-12H,7-9H2,1-2H3,(H,22,24). The summed E-state index contributed by atoms with van der Waals surface area (Å²) in [5, 5.41) is 2.94. The number of hydrogen-bond donors (Lipinski definition) is 1. The monoisotopic (exact) mass is 332 g/mol. The molecule has 0 aliphatic carbocycles. The van der Waals surface area contributed by atoms with Gasteiger partial charge in [0.15, 0.2) is 6.39 Å². The molecule has 1 aliphatic heterocycles. The van der Waals surface area contributed by atoms with Crippen LogP contribution < -0.4 is 5.32 Å². The Morgan fingerprint density at radius 2 is 1.96 bits per heavy atom. The topological polar surface area (TPSA) is 55.1 Å². The van der Waals surface area contributed by atoms with Crippen LogP contribution in [0.25, 0.3) is 11.3 Å². The van der Waals surface area contributed by atoms with Crippen molar-refractivity contribution in [3.05, 3.63) is 76.4 Å². The van der Waals surface area contributed by atoms with Crippen molar-refractivity contribution in [1.29, 1.82) is 0 Å². The molecule has 0 fully saturated rings. The molecule has 2 heterocycles. The number of rotatable bonds is 3. The Morgan fingerprint density at radius 3 is 2.68 bits per heavy atom. The zero-order chi connectivity index (χ0) is 17.4. The Morgan fingerprint density at radius 1 is 1.16 bits per heavy atom. The predicted octanol–water partition coefficient (Wildman–Crippen LogP) is 3.84. The lowest BCUT2D eigenvalue weighted by molar-refractivity contribution is 0.0945. The minimum Gasteiger partial charge on any atom is -0.451 e. The molecular formula is C21H20N2O2. The summed E-state index contributed by atoms with van der Waals surface area (Å²) < 4.78 is 5.04. The van der Waals surface area contributed by atoms with Crippen LogP contribution in [0.15, 0.2) is 47.4 Å². The summed E-state index contributed by atoms with van der Waals surface area (Å²) in [4.78, 5) is 16.4. The van der Waals surface area contributed by atoms with E-state index >= 15 is 0 Å². The first kappa shape index (κ1) is 15.6. The molecule has 0 atom stereocenters. The second-order valence-electron chi connectivity index (χ2n) is 6.57. The molecule has 1 aromatic heterocycles. The van der Waals surface area contributed by atoms with Crippen LogP contribution in [0.1, 0.15) is 38.2 Å². The van der Waals surface area contributed by atoms with Gasteiger partial charge in [0.05, 0.1) is 0 Å². The normalized spacial score (nSPS) is 13.4. The molecule has 0 saturated heterocycles. The van der Waals surface area contributed by atoms with Crippen LogP contribution >= 0.6 is 0 Å². The number of nitrogens with zero attached hydrogens (tertiary/aromatic N) is 1. The molecule has 25 heavy (non-hydrogen) atoms. The van der Waals surface area contributed by atoms with E-state index in [4.69, 9.17) is 4.42 Å². The van der Waals surface area contributed by atoms with Gasteiger partial charge in [0.1, 0.15) is 12.0 Å². The van der Waals surface area contributed by atoms with Crippen molar-refractivity contribution in [3.8, 4) is 11.3 Å². The molecule has 2 aromatic carbocycles. The Labute approximate surface area is 146 Å². The van der Waals surface area contributed by atoms with E-state index in [1.165, 1.54) is 34.2 Å². The van der Waals surface area contributed by atoms with Gasteiger partial charge in [-0.15, -0.1) is 0 Å². The van der Waals surface area contributed by atoms with Crippen molar-refractivity contribution in [1.82, 2.24) is 10.3 Å². The summed E-state index contributed by atoms with van der Waals surface area (Å²) >= 11 is 0. The molecule has 1 N–H and O–H groups in total. The van der Waals surface area contributed by atoms with Gasteiger partial charge in [-0.2, -0.15) is 0 Å². The van der Waals surface area contributed by atoms with Gasteiger partial charge in [-0.1, -0.05) is 24.3 Å². The second kappa shape index (κ2) is 6.20. The van der Waals surface area contributed by atoms with Gasteiger partial charge in [0.2, 0.25) is 0 Å². The van der Waals surface area contributed by atoms with Crippen molar-refractivity contribution in [3.63, 3.8) is 0 Å². The SMILES string of the molecule is Cc1c(Cc2ccc(-c3cocn3)cc2)cc2c(c1C)CCNC2=O. The zero-order valence-corrected chi connectivity index (χ0v) is 14.4. The van der Waals surface area contributed by atoms with Gasteiger partial charge in [-0.25, -0.2) is 4.98 Å². The molecule has 4 rings (SSSR count). The van der Waals surface area contributed by atoms with Gasteiger partial charge in [-0.3, -0.25) is 4.79 Å². The molecule has 1 aliphatic rings. The van der Waals surface area contributed by atoms with Crippen molar-refractivity contribution < 1.29 is 9.21 Å². The van der Waals surface area contributed by atoms with E-state index in [0.717, 1.165) is 36.2 Å². The number of nitrogens with one attached hydrogen (secondary N) is 1. The molecule has 0 bridgehead atoms. The fraction of sp³-hybridized carbons (Fsp3) is 0.238. The molecule has 4 nitrogen and oxygen atoms in total. The summed E-state index contributed by atoms with van der Waals surface area (Å²) in [5.74, 6) is 0.0481. The summed E-state index contributed by atoms with van der Waals surface area (Å²) in [6.45, 7) is 5.01. The van der Waals surface area contributed by atoms with E-state index in [9.17, 15) is 4.79 Å². The zero-order valence-electron chi connectivity index (χ0n) is 14.4. The van der Waals surface area contributed by atoms with E-state index in [2.05, 4.69) is 54.5 Å². The van der Waals surface area contributed by atoms with Crippen LogP contribution in [0.5, 0.6) is 0 Å². The van der Waals surface area contributed by atoms with E-state index in [-0.39, 0.29) is 5.91 Å². The molecule has 1 amide bonds. The van der Waals surface area contributed by atoms with Crippen molar-refractivity contribution in [2.75, 3.05) is 6.54 Å². The number of hydrogen-bond acceptors (Lipinski definition) is 3. The summed E-state index contributed by atoms with van der Waals surface area (Å²) in [7, 11) is 0. The Kier molecular flexibility index (Phi) is 3.88. The Bertz CT molecular complexity index is 926. The lowest BCUT2D eigenvalue weighted by Crippen LogP contribution is -2.32. The number of carbonyl (C=O) groups is 1. The quantitative estimate of drug-likeness (QED) is 0.793. The van der Waals surface area contributed by atoms with Crippen LogP contribution in [-0.2, 0) is 12.8 Å². The molecule has 0 unspecified atom stereocenters. The van der Waals surface area contributed by atoms with Crippen molar-refractivity contribution >= 4 is 5.91 Å². The lowest BCUT2D eigenvalue weighted by Gasteiger charge is -2.22. The van der Waals surface area contributed by atoms with Crippen molar-refractivity contribution in [2.24, 2.45) is 0 Å². The average Bonchev–Trinajstić information content (AvgIpc) is 3.16. The predicted molar refractivity (Wildman–Crippen MR) is 96.7 cm³/mol. The molecule has 4 heteroatoms. The van der Waals surface area contributed by atoms with Gasteiger partial charge < -0.3 is 9.73 Å². The number of fused-ring (bicyclic) bond motifs is 1. The lowest BCUT2D eigenvalue weighted by atomic mass is 9.87. The first-order valence-electron chi connectivity index (χ1n) is 8.51. The van der Waals surface area contributed by atoms with E-state index in [1.54, 1.807) is 6.26 Å². The number of oxazole rings is 1. The van der Waals surface area contributed by atoms with E-state index in [0.29, 0.717) is 0 Å². The summed E-state index contributed by atoms with van der Waals surface area (Å²) in [5.41, 5.74) is 8.87. The fourth-order valence-corrected chi connectivity index (χ4v) is 3.51. The van der Waals surface area contributed by atoms with Gasteiger partial charge in [-0.05, 0) is 60.6 Å². The highest BCUT2D eigenvalue weighted by molar-refractivity contribution is 5.97. The maximum atomic E-state index is 12.2. The van der Waals surface area contributed by atoms with Crippen LogP contribution in [0.4, 0.5) is 0 Å².